The minimum Gasteiger partial charge on any atom is -0.465 e. The van der Waals surface area contributed by atoms with Crippen LogP contribution in [0, 0.1) is 30.6 Å². The van der Waals surface area contributed by atoms with Gasteiger partial charge in [-0.2, -0.15) is 0 Å². The predicted molar refractivity (Wildman–Crippen MR) is 123 cm³/mol. The number of likely N-dealkylation sites (tertiary alicyclic amines) is 1. The lowest BCUT2D eigenvalue weighted by Gasteiger charge is -2.18. The number of fused-ring (bicyclic) bond motifs is 5. The summed E-state index contributed by atoms with van der Waals surface area (Å²) in [6.07, 6.45) is 5.11. The number of hydrogen-bond donors (Lipinski definition) is 2. The molecule has 1 saturated carbocycles. The van der Waals surface area contributed by atoms with Crippen LogP contribution in [0.1, 0.15) is 28.3 Å². The highest BCUT2D eigenvalue weighted by Crippen LogP contribution is 2.52. The Morgan fingerprint density at radius 1 is 1.23 bits per heavy atom. The van der Waals surface area contributed by atoms with Crippen molar-refractivity contribution < 1.29 is 23.5 Å². The van der Waals surface area contributed by atoms with Crippen LogP contribution in [0.3, 0.4) is 0 Å². The van der Waals surface area contributed by atoms with E-state index in [1.54, 1.807) is 20.0 Å². The van der Waals surface area contributed by atoms with Crippen LogP contribution in [0.25, 0.3) is 0 Å². The number of carbonyl (C=O) groups is 3. The number of esters is 1. The van der Waals surface area contributed by atoms with E-state index in [0.29, 0.717) is 42.7 Å². The Balaban J connectivity index is 0.00000272. The molecule has 9 nitrogen and oxygen atoms in total. The molecule has 2 amide bonds. The maximum atomic E-state index is 12.7. The first-order chi connectivity index (χ1) is 14.4. The van der Waals surface area contributed by atoms with Gasteiger partial charge in [-0.05, 0) is 31.2 Å². The van der Waals surface area contributed by atoms with E-state index in [4.69, 9.17) is 9.15 Å². The summed E-state index contributed by atoms with van der Waals surface area (Å²) in [5, 5.41) is 6.20. The zero-order chi connectivity index (χ0) is 21.4. The van der Waals surface area contributed by atoms with E-state index in [9.17, 15) is 14.4 Å². The van der Waals surface area contributed by atoms with Crippen molar-refractivity contribution in [3.63, 3.8) is 0 Å². The fourth-order valence-corrected chi connectivity index (χ4v) is 4.81. The Labute approximate surface area is 197 Å². The molecule has 3 aliphatic rings. The Kier molecular flexibility index (Phi) is 7.07. The molecule has 2 N–H and O–H groups in total. The molecule has 2 bridgehead atoms. The van der Waals surface area contributed by atoms with Gasteiger partial charge in [0.2, 0.25) is 11.8 Å². The van der Waals surface area contributed by atoms with Crippen molar-refractivity contribution in [2.24, 2.45) is 28.7 Å². The van der Waals surface area contributed by atoms with Crippen molar-refractivity contribution in [3.05, 3.63) is 35.3 Å². The number of allylic oxidation sites excluding steroid dienone is 2. The first-order valence-corrected chi connectivity index (χ1v) is 10.1. The number of methoxy groups -OCH3 is 1. The summed E-state index contributed by atoms with van der Waals surface area (Å²) in [5.41, 5.74) is 0.386. The minimum atomic E-state index is -0.446. The largest absolute Gasteiger partial charge is 0.465 e. The Morgan fingerprint density at radius 3 is 2.45 bits per heavy atom. The van der Waals surface area contributed by atoms with Crippen LogP contribution in [-0.2, 0) is 20.9 Å². The summed E-state index contributed by atoms with van der Waals surface area (Å²) in [6, 6.07) is 1.63. The number of guanidine groups is 1. The van der Waals surface area contributed by atoms with Crippen LogP contribution >= 0.6 is 24.0 Å². The lowest BCUT2D eigenvalue weighted by atomic mass is 9.85. The molecule has 168 valence electrons. The number of aliphatic imine (C=N–C) groups is 1. The lowest BCUT2D eigenvalue weighted by molar-refractivity contribution is -0.140. The molecular weight excluding hydrogens is 515 g/mol. The molecular formula is C21H27IN4O5. The molecule has 1 aromatic rings. The number of halogens is 1. The first-order valence-electron chi connectivity index (χ1n) is 10.1. The second-order valence-corrected chi connectivity index (χ2v) is 7.85. The van der Waals surface area contributed by atoms with Crippen LogP contribution in [0.5, 0.6) is 0 Å². The predicted octanol–water partition coefficient (Wildman–Crippen LogP) is 1.46. The summed E-state index contributed by atoms with van der Waals surface area (Å²) in [6.45, 7) is 2.71. The molecule has 2 aliphatic carbocycles. The number of aryl methyl sites for hydroxylation is 1. The van der Waals surface area contributed by atoms with E-state index in [1.807, 2.05) is 0 Å². The van der Waals surface area contributed by atoms with Gasteiger partial charge in [0.05, 0.1) is 25.5 Å². The molecule has 0 aromatic carbocycles. The molecule has 1 aliphatic heterocycles. The van der Waals surface area contributed by atoms with E-state index in [-0.39, 0.29) is 59.5 Å². The second-order valence-electron chi connectivity index (χ2n) is 7.85. The Morgan fingerprint density at radius 2 is 1.87 bits per heavy atom. The van der Waals surface area contributed by atoms with Crippen molar-refractivity contribution in [2.45, 2.75) is 19.9 Å². The summed E-state index contributed by atoms with van der Waals surface area (Å²) in [4.78, 5) is 42.6. The van der Waals surface area contributed by atoms with Gasteiger partial charge in [-0.3, -0.25) is 19.5 Å². The molecule has 2 heterocycles. The third-order valence-electron chi connectivity index (χ3n) is 6.22. The highest BCUT2D eigenvalue weighted by atomic mass is 127. The fourth-order valence-electron chi connectivity index (χ4n) is 4.81. The quantitative estimate of drug-likeness (QED) is 0.140. The Bertz CT molecular complexity index is 910. The van der Waals surface area contributed by atoms with Crippen molar-refractivity contribution in [3.8, 4) is 0 Å². The van der Waals surface area contributed by atoms with Gasteiger partial charge in [-0.15, -0.1) is 24.0 Å². The minimum absolute atomic E-state index is 0. The number of nitrogens with one attached hydrogen (secondary N) is 2. The molecule has 1 saturated heterocycles. The van der Waals surface area contributed by atoms with Gasteiger partial charge in [0.1, 0.15) is 17.1 Å². The molecule has 2 fully saturated rings. The van der Waals surface area contributed by atoms with Crippen LogP contribution in [0.15, 0.2) is 27.6 Å². The van der Waals surface area contributed by atoms with Gasteiger partial charge in [-0.25, -0.2) is 4.79 Å². The van der Waals surface area contributed by atoms with Crippen molar-refractivity contribution in [2.75, 3.05) is 27.2 Å². The zero-order valence-corrected chi connectivity index (χ0v) is 20.0. The zero-order valence-electron chi connectivity index (χ0n) is 17.7. The number of rotatable bonds is 6. The fraction of sp³-hybridized carbons (Fsp3) is 0.524. The summed E-state index contributed by atoms with van der Waals surface area (Å²) < 4.78 is 10.3. The molecule has 4 unspecified atom stereocenters. The lowest BCUT2D eigenvalue weighted by Crippen LogP contribution is -2.43. The van der Waals surface area contributed by atoms with Crippen molar-refractivity contribution >= 4 is 47.7 Å². The standard InChI is InChI=1S/C21H26N4O5.HI/c1-11-15(20(28)29-3)9-14(30-11)10-24-21(22-2)23-6-7-25-18(26)16-12-4-5-13(8-12)17(16)19(25)27;/h4-5,9,12-13,16-17H,6-8,10H2,1-3H3,(H2,22,23,24);1H. The number of ether oxygens (including phenoxy) is 1. The van der Waals surface area contributed by atoms with E-state index >= 15 is 0 Å². The topological polar surface area (TPSA) is 113 Å². The monoisotopic (exact) mass is 542 g/mol. The summed E-state index contributed by atoms with van der Waals surface area (Å²) >= 11 is 0. The maximum Gasteiger partial charge on any atom is 0.341 e. The van der Waals surface area contributed by atoms with Crippen molar-refractivity contribution in [1.29, 1.82) is 0 Å². The van der Waals surface area contributed by atoms with Gasteiger partial charge in [0.15, 0.2) is 5.96 Å². The van der Waals surface area contributed by atoms with Gasteiger partial charge >= 0.3 is 5.97 Å². The smallest absolute Gasteiger partial charge is 0.341 e. The van der Waals surface area contributed by atoms with Crippen LogP contribution in [0.2, 0.25) is 0 Å². The molecule has 4 rings (SSSR count). The average molecular weight is 542 g/mol. The number of nitrogens with zero attached hydrogens (tertiary/aromatic N) is 2. The van der Waals surface area contributed by atoms with E-state index in [0.717, 1.165) is 6.42 Å². The SMILES string of the molecule is CN=C(NCCN1C(=O)C2C3C=CC(C3)C2C1=O)NCc1cc(C(=O)OC)c(C)o1.I. The van der Waals surface area contributed by atoms with E-state index in [1.165, 1.54) is 12.0 Å². The highest BCUT2D eigenvalue weighted by molar-refractivity contribution is 14.0. The molecule has 31 heavy (non-hydrogen) atoms. The highest BCUT2D eigenvalue weighted by Gasteiger charge is 2.58. The maximum absolute atomic E-state index is 12.7. The number of furan rings is 1. The van der Waals surface area contributed by atoms with Gasteiger partial charge in [0.25, 0.3) is 0 Å². The average Bonchev–Trinajstić information content (AvgIpc) is 3.49. The van der Waals surface area contributed by atoms with E-state index < -0.39 is 5.97 Å². The molecule has 1 aromatic heterocycles. The normalized spacial score (nSPS) is 26.2. The number of carbonyl (C=O) groups excluding carboxylic acids is 3. The second kappa shape index (κ2) is 9.41. The molecule has 0 spiro atoms. The first kappa shape index (κ1) is 23.3. The Hall–Kier alpha value is -2.37. The van der Waals surface area contributed by atoms with Gasteiger partial charge < -0.3 is 19.8 Å². The molecule has 4 atom stereocenters. The molecule has 0 radical (unpaired) electrons. The number of hydrogen-bond acceptors (Lipinski definition) is 6. The summed E-state index contributed by atoms with van der Waals surface area (Å²) in [7, 11) is 2.95. The third kappa shape index (κ3) is 4.21. The number of amides is 2. The van der Waals surface area contributed by atoms with Crippen LogP contribution in [0.4, 0.5) is 0 Å². The number of imide groups is 1. The van der Waals surface area contributed by atoms with Gasteiger partial charge in [0, 0.05) is 20.1 Å². The molecule has 10 heteroatoms. The third-order valence-corrected chi connectivity index (χ3v) is 6.22. The van der Waals surface area contributed by atoms with Crippen LogP contribution in [-0.4, -0.2) is 55.9 Å². The van der Waals surface area contributed by atoms with Gasteiger partial charge in [-0.1, -0.05) is 12.2 Å². The summed E-state index contributed by atoms with van der Waals surface area (Å²) in [5.74, 6) is 1.11. The van der Waals surface area contributed by atoms with Crippen LogP contribution < -0.4 is 10.6 Å². The van der Waals surface area contributed by atoms with Crippen molar-refractivity contribution in [1.82, 2.24) is 15.5 Å². The van der Waals surface area contributed by atoms with E-state index in [2.05, 4.69) is 27.8 Å².